The van der Waals surface area contributed by atoms with Crippen molar-refractivity contribution in [3.63, 3.8) is 0 Å². The lowest BCUT2D eigenvalue weighted by molar-refractivity contribution is 1.43. The SMILES string of the molecule is CC(=C(c1ccccc1)c1ccccc1)c1ccccc1[CH-][N+]#Cc1ccccc1. The minimum absolute atomic E-state index is 0.966. The molecule has 4 aromatic carbocycles. The summed E-state index contributed by atoms with van der Waals surface area (Å²) in [5.74, 6) is 0. The van der Waals surface area contributed by atoms with E-state index in [0.717, 1.165) is 11.1 Å². The summed E-state index contributed by atoms with van der Waals surface area (Å²) in [7, 11) is 0. The van der Waals surface area contributed by atoms with Crippen LogP contribution in [0, 0.1) is 12.6 Å². The second kappa shape index (κ2) is 9.45. The Hall–Kier alpha value is -4.02. The molecule has 4 rings (SSSR count). The van der Waals surface area contributed by atoms with Gasteiger partial charge in [-0.05, 0) is 23.6 Å². The van der Waals surface area contributed by atoms with Crippen molar-refractivity contribution in [2.75, 3.05) is 0 Å². The van der Waals surface area contributed by atoms with Gasteiger partial charge >= 0.3 is 0 Å². The molecule has 30 heavy (non-hydrogen) atoms. The van der Waals surface area contributed by atoms with Crippen molar-refractivity contribution in [1.29, 1.82) is 0 Å². The van der Waals surface area contributed by atoms with E-state index in [2.05, 4.69) is 96.7 Å². The molecule has 0 radical (unpaired) electrons. The fourth-order valence-corrected chi connectivity index (χ4v) is 3.58. The summed E-state index contributed by atoms with van der Waals surface area (Å²) in [4.78, 5) is 4.46. The van der Waals surface area contributed by atoms with Gasteiger partial charge < -0.3 is 0 Å². The highest BCUT2D eigenvalue weighted by atomic mass is 14.6. The molecule has 0 unspecified atom stereocenters. The molecule has 0 bridgehead atoms. The maximum atomic E-state index is 4.46. The lowest BCUT2D eigenvalue weighted by Crippen LogP contribution is -1.95. The van der Waals surface area contributed by atoms with Crippen LogP contribution in [0.25, 0.3) is 16.0 Å². The first-order chi connectivity index (χ1) is 14.8. The first-order valence-corrected chi connectivity index (χ1v) is 10.1. The summed E-state index contributed by atoms with van der Waals surface area (Å²) in [6.45, 7) is 4.08. The maximum Gasteiger partial charge on any atom is 0.222 e. The van der Waals surface area contributed by atoms with E-state index in [1.165, 1.54) is 27.8 Å². The van der Waals surface area contributed by atoms with Crippen LogP contribution in [0.3, 0.4) is 0 Å². The predicted molar refractivity (Wildman–Crippen MR) is 127 cm³/mol. The van der Waals surface area contributed by atoms with E-state index in [1.54, 1.807) is 0 Å². The Labute approximate surface area is 178 Å². The standard InChI is InChI=1S/C29H23N/c1-23(29(25-15-7-3-8-16-25)26-17-9-4-10-18-26)28-20-12-11-19-27(28)22-30-21-24-13-5-2-6-14-24/h2-20,22H,1H3. The van der Waals surface area contributed by atoms with Gasteiger partial charge in [-0.1, -0.05) is 120 Å². The van der Waals surface area contributed by atoms with Crippen molar-refractivity contribution >= 4 is 11.1 Å². The number of benzene rings is 4. The molecule has 4 aromatic rings. The molecule has 0 amide bonds. The molecule has 1 nitrogen and oxygen atoms in total. The Morgan fingerprint density at radius 3 is 1.73 bits per heavy atom. The topological polar surface area (TPSA) is 4.36 Å². The van der Waals surface area contributed by atoms with Gasteiger partial charge in [0.2, 0.25) is 12.6 Å². The monoisotopic (exact) mass is 385 g/mol. The molecular weight excluding hydrogens is 362 g/mol. The molecule has 0 N–H and O–H groups in total. The van der Waals surface area contributed by atoms with Crippen LogP contribution in [-0.4, -0.2) is 0 Å². The molecule has 0 atom stereocenters. The minimum Gasteiger partial charge on any atom is -0.140 e. The zero-order chi connectivity index (χ0) is 20.6. The summed E-state index contributed by atoms with van der Waals surface area (Å²) < 4.78 is 0. The van der Waals surface area contributed by atoms with Gasteiger partial charge in [0.1, 0.15) is 0 Å². The second-order valence-electron chi connectivity index (χ2n) is 7.06. The average molecular weight is 386 g/mol. The van der Waals surface area contributed by atoms with Gasteiger partial charge in [-0.3, -0.25) is 0 Å². The van der Waals surface area contributed by atoms with Gasteiger partial charge in [-0.2, -0.15) is 0 Å². The number of nitrogens with zero attached hydrogens (tertiary/aromatic N) is 1. The Bertz CT molecular complexity index is 1150. The fourth-order valence-electron chi connectivity index (χ4n) is 3.58. The summed E-state index contributed by atoms with van der Waals surface area (Å²) in [6.07, 6.45) is 0. The van der Waals surface area contributed by atoms with E-state index < -0.39 is 0 Å². The molecule has 1 heteroatoms. The van der Waals surface area contributed by atoms with E-state index in [4.69, 9.17) is 0 Å². The molecule has 0 heterocycles. The number of rotatable bonds is 4. The first kappa shape index (κ1) is 19.3. The second-order valence-corrected chi connectivity index (χ2v) is 7.06. The van der Waals surface area contributed by atoms with Crippen molar-refractivity contribution in [2.45, 2.75) is 6.92 Å². The van der Waals surface area contributed by atoms with E-state index in [1.807, 2.05) is 42.9 Å². The molecule has 144 valence electrons. The third kappa shape index (κ3) is 4.51. The molecule has 0 aliphatic carbocycles. The Morgan fingerprint density at radius 2 is 1.13 bits per heavy atom. The first-order valence-electron chi connectivity index (χ1n) is 10.1. The third-order valence-corrected chi connectivity index (χ3v) is 5.04. The maximum absolute atomic E-state index is 4.46. The Morgan fingerprint density at radius 1 is 0.633 bits per heavy atom. The van der Waals surface area contributed by atoms with Crippen LogP contribution < -0.4 is 0 Å². The highest BCUT2D eigenvalue weighted by Gasteiger charge is 2.11. The smallest absolute Gasteiger partial charge is 0.140 e. The zero-order valence-electron chi connectivity index (χ0n) is 17.0. The van der Waals surface area contributed by atoms with Crippen LogP contribution >= 0.6 is 0 Å². The summed E-state index contributed by atoms with van der Waals surface area (Å²) in [5.41, 5.74) is 8.06. The third-order valence-electron chi connectivity index (χ3n) is 5.04. The van der Waals surface area contributed by atoms with Crippen LogP contribution in [-0.2, 0) is 0 Å². The number of hydrogen-bond donors (Lipinski definition) is 0. The van der Waals surface area contributed by atoms with Gasteiger partial charge in [0.05, 0.1) is 0 Å². The van der Waals surface area contributed by atoms with Gasteiger partial charge in [0.15, 0.2) is 0 Å². The van der Waals surface area contributed by atoms with E-state index >= 15 is 0 Å². The molecule has 0 spiro atoms. The van der Waals surface area contributed by atoms with Gasteiger partial charge in [-0.25, -0.2) is 0 Å². The molecule has 0 aliphatic rings. The van der Waals surface area contributed by atoms with Crippen LogP contribution in [0.2, 0.25) is 0 Å². The fraction of sp³-hybridized carbons (Fsp3) is 0.0345. The van der Waals surface area contributed by atoms with Gasteiger partial charge in [-0.15, -0.1) is 17.0 Å². The van der Waals surface area contributed by atoms with Gasteiger partial charge in [0.25, 0.3) is 0 Å². The molecule has 0 aliphatic heterocycles. The number of hydrogen-bond acceptors (Lipinski definition) is 0. The highest BCUT2D eigenvalue weighted by Crippen LogP contribution is 2.33. The predicted octanol–water partition coefficient (Wildman–Crippen LogP) is 7.56. The van der Waals surface area contributed by atoms with Crippen molar-refractivity contribution in [2.24, 2.45) is 0 Å². The van der Waals surface area contributed by atoms with Crippen LogP contribution in [0.1, 0.15) is 34.7 Å². The lowest BCUT2D eigenvalue weighted by Gasteiger charge is -2.18. The quantitative estimate of drug-likeness (QED) is 0.252. The van der Waals surface area contributed by atoms with Crippen LogP contribution in [0.5, 0.6) is 0 Å². The minimum atomic E-state index is 0.966. The summed E-state index contributed by atoms with van der Waals surface area (Å²) >= 11 is 0. The van der Waals surface area contributed by atoms with Crippen molar-refractivity contribution in [3.05, 3.63) is 154 Å². The molecule has 0 saturated heterocycles. The van der Waals surface area contributed by atoms with E-state index in [-0.39, 0.29) is 0 Å². The molecule has 0 fully saturated rings. The Kier molecular flexibility index (Phi) is 6.08. The molecule has 0 saturated carbocycles. The van der Waals surface area contributed by atoms with Crippen LogP contribution in [0.15, 0.2) is 115 Å². The molecule has 0 aromatic heterocycles. The van der Waals surface area contributed by atoms with Crippen molar-refractivity contribution in [3.8, 4) is 6.07 Å². The summed E-state index contributed by atoms with van der Waals surface area (Å²) in [5, 5.41) is 0. The highest BCUT2D eigenvalue weighted by molar-refractivity contribution is 5.98. The van der Waals surface area contributed by atoms with Gasteiger partial charge in [0, 0.05) is 5.56 Å². The largest absolute Gasteiger partial charge is 0.222 e. The Balaban J connectivity index is 1.78. The number of allylic oxidation sites excluding steroid dienone is 1. The van der Waals surface area contributed by atoms with Crippen molar-refractivity contribution < 1.29 is 0 Å². The van der Waals surface area contributed by atoms with E-state index in [9.17, 15) is 0 Å². The lowest BCUT2D eigenvalue weighted by atomic mass is 9.88. The van der Waals surface area contributed by atoms with Crippen molar-refractivity contribution in [1.82, 2.24) is 0 Å². The molecular formula is C29H23N. The van der Waals surface area contributed by atoms with E-state index in [0.29, 0.717) is 0 Å². The van der Waals surface area contributed by atoms with Crippen LogP contribution in [0.4, 0.5) is 0 Å². The zero-order valence-corrected chi connectivity index (χ0v) is 17.0. The summed E-state index contributed by atoms with van der Waals surface area (Å²) in [6, 6.07) is 42.6. The average Bonchev–Trinajstić information content (AvgIpc) is 2.82. The normalized spacial score (nSPS) is 9.90.